The second-order valence-corrected chi connectivity index (χ2v) is 6.97. The third-order valence-electron chi connectivity index (χ3n) is 4.57. The second-order valence-electron chi connectivity index (χ2n) is 6.97. The zero-order valence-corrected chi connectivity index (χ0v) is 19.0. The fourth-order valence-electron chi connectivity index (χ4n) is 2.86. The van der Waals surface area contributed by atoms with Crippen molar-refractivity contribution in [3.8, 4) is 0 Å². The highest BCUT2D eigenvalue weighted by molar-refractivity contribution is 14.0. The molecule has 154 valence electrons. The molecule has 1 heterocycles. The Balaban J connectivity index is 0.00000280. The average molecular weight is 497 g/mol. The smallest absolute Gasteiger partial charge is 0.191 e. The van der Waals surface area contributed by atoms with Gasteiger partial charge in [0, 0.05) is 38.7 Å². The largest absolute Gasteiger partial charge is 0.381 e. The highest BCUT2D eigenvalue weighted by atomic mass is 127. The molecule has 0 amide bonds. The van der Waals surface area contributed by atoms with E-state index in [4.69, 9.17) is 9.73 Å². The number of hydrogen-bond acceptors (Lipinski definition) is 3. The molecule has 28 heavy (non-hydrogen) atoms. The average Bonchev–Trinajstić information content (AvgIpc) is 3.37. The van der Waals surface area contributed by atoms with Crippen molar-refractivity contribution in [3.05, 3.63) is 53.9 Å². The van der Waals surface area contributed by atoms with Crippen LogP contribution in [0.25, 0.3) is 0 Å². The lowest BCUT2D eigenvalue weighted by Gasteiger charge is -2.13. The van der Waals surface area contributed by atoms with Gasteiger partial charge in [-0.1, -0.05) is 24.3 Å². The standard InChI is InChI=1S/C21H31N5O.HI/c1-2-22-21(23-11-6-14-27-17-18-9-10-18)24-15-19-7-3-4-8-20(19)16-26-13-5-12-25-26;/h3-5,7-8,12-13,18H,2,6,9-11,14-17H2,1H3,(H2,22,23,24);1H. The van der Waals surface area contributed by atoms with E-state index in [0.29, 0.717) is 6.54 Å². The van der Waals surface area contributed by atoms with Gasteiger partial charge in [0.2, 0.25) is 0 Å². The molecule has 0 saturated heterocycles. The number of benzene rings is 1. The zero-order valence-electron chi connectivity index (χ0n) is 16.6. The van der Waals surface area contributed by atoms with Crippen LogP contribution in [0.5, 0.6) is 0 Å². The van der Waals surface area contributed by atoms with Crippen LogP contribution in [-0.2, 0) is 17.8 Å². The summed E-state index contributed by atoms with van der Waals surface area (Å²) in [5.41, 5.74) is 2.47. The van der Waals surface area contributed by atoms with Crippen LogP contribution in [0, 0.1) is 5.92 Å². The van der Waals surface area contributed by atoms with Crippen LogP contribution in [0.1, 0.15) is 37.3 Å². The quantitative estimate of drug-likeness (QED) is 0.216. The Labute approximate surface area is 185 Å². The van der Waals surface area contributed by atoms with Crippen LogP contribution in [-0.4, -0.2) is 42.0 Å². The van der Waals surface area contributed by atoms with Gasteiger partial charge in [0.1, 0.15) is 0 Å². The summed E-state index contributed by atoms with van der Waals surface area (Å²) in [6, 6.07) is 10.4. The first-order valence-electron chi connectivity index (χ1n) is 9.99. The molecule has 1 aliphatic carbocycles. The summed E-state index contributed by atoms with van der Waals surface area (Å²) in [5.74, 6) is 1.69. The van der Waals surface area contributed by atoms with Crippen LogP contribution in [0.3, 0.4) is 0 Å². The van der Waals surface area contributed by atoms with Crippen molar-refractivity contribution >= 4 is 29.9 Å². The van der Waals surface area contributed by atoms with E-state index in [2.05, 4.69) is 46.9 Å². The molecular weight excluding hydrogens is 465 g/mol. The topological polar surface area (TPSA) is 63.5 Å². The summed E-state index contributed by atoms with van der Waals surface area (Å²) in [6.07, 6.45) is 7.47. The van der Waals surface area contributed by atoms with E-state index in [1.807, 2.05) is 23.1 Å². The Kier molecular flexibility index (Phi) is 10.3. The number of nitrogens with zero attached hydrogens (tertiary/aromatic N) is 3. The molecule has 1 saturated carbocycles. The third kappa shape index (κ3) is 8.18. The molecule has 1 aromatic carbocycles. The van der Waals surface area contributed by atoms with E-state index in [1.165, 1.54) is 24.0 Å². The SMILES string of the molecule is CCNC(=NCc1ccccc1Cn1cccn1)NCCCOCC1CC1.I. The maximum atomic E-state index is 5.69. The van der Waals surface area contributed by atoms with Crippen LogP contribution < -0.4 is 10.6 Å². The molecule has 7 heteroatoms. The van der Waals surface area contributed by atoms with Crippen molar-refractivity contribution in [2.75, 3.05) is 26.3 Å². The van der Waals surface area contributed by atoms with Crippen LogP contribution in [0.4, 0.5) is 0 Å². The van der Waals surface area contributed by atoms with Crippen LogP contribution in [0.2, 0.25) is 0 Å². The van der Waals surface area contributed by atoms with Crippen molar-refractivity contribution in [1.29, 1.82) is 0 Å². The van der Waals surface area contributed by atoms with Gasteiger partial charge < -0.3 is 15.4 Å². The van der Waals surface area contributed by atoms with Gasteiger partial charge in [-0.15, -0.1) is 24.0 Å². The maximum absolute atomic E-state index is 5.69. The Morgan fingerprint density at radius 1 is 1.21 bits per heavy atom. The highest BCUT2D eigenvalue weighted by Crippen LogP contribution is 2.28. The van der Waals surface area contributed by atoms with Gasteiger partial charge >= 0.3 is 0 Å². The molecule has 1 aliphatic rings. The predicted octanol–water partition coefficient (Wildman–Crippen LogP) is 3.42. The van der Waals surface area contributed by atoms with Crippen molar-refractivity contribution in [3.63, 3.8) is 0 Å². The van der Waals surface area contributed by atoms with E-state index in [9.17, 15) is 0 Å². The number of hydrogen-bond donors (Lipinski definition) is 2. The number of ether oxygens (including phenoxy) is 1. The van der Waals surface area contributed by atoms with Crippen molar-refractivity contribution in [2.45, 2.75) is 39.3 Å². The van der Waals surface area contributed by atoms with E-state index in [0.717, 1.165) is 51.1 Å². The van der Waals surface area contributed by atoms with Gasteiger partial charge in [-0.3, -0.25) is 4.68 Å². The number of guanidine groups is 1. The monoisotopic (exact) mass is 497 g/mol. The number of rotatable bonds is 11. The molecule has 0 radical (unpaired) electrons. The van der Waals surface area contributed by atoms with E-state index >= 15 is 0 Å². The van der Waals surface area contributed by atoms with Gasteiger partial charge in [0.25, 0.3) is 0 Å². The van der Waals surface area contributed by atoms with Gasteiger partial charge in [0.15, 0.2) is 5.96 Å². The minimum absolute atomic E-state index is 0. The molecule has 1 fully saturated rings. The lowest BCUT2D eigenvalue weighted by Crippen LogP contribution is -2.38. The van der Waals surface area contributed by atoms with Gasteiger partial charge in [-0.05, 0) is 49.3 Å². The fraction of sp³-hybridized carbons (Fsp3) is 0.524. The molecular formula is C21H32IN5O. The molecule has 0 atom stereocenters. The molecule has 0 bridgehead atoms. The molecule has 2 N–H and O–H groups in total. The zero-order chi connectivity index (χ0) is 18.7. The minimum atomic E-state index is 0. The lowest BCUT2D eigenvalue weighted by atomic mass is 10.1. The third-order valence-corrected chi connectivity index (χ3v) is 4.57. The van der Waals surface area contributed by atoms with Gasteiger partial charge in [-0.2, -0.15) is 5.10 Å². The van der Waals surface area contributed by atoms with E-state index in [1.54, 1.807) is 0 Å². The first-order valence-corrected chi connectivity index (χ1v) is 9.99. The van der Waals surface area contributed by atoms with E-state index < -0.39 is 0 Å². The summed E-state index contributed by atoms with van der Waals surface area (Å²) in [5, 5.41) is 11.0. The first kappa shape index (κ1) is 22.7. The Morgan fingerprint density at radius 3 is 2.75 bits per heavy atom. The summed E-state index contributed by atoms with van der Waals surface area (Å²) >= 11 is 0. The number of nitrogens with one attached hydrogen (secondary N) is 2. The summed E-state index contributed by atoms with van der Waals surface area (Å²) < 4.78 is 7.62. The number of aromatic nitrogens is 2. The Morgan fingerprint density at radius 2 is 2.04 bits per heavy atom. The summed E-state index contributed by atoms with van der Waals surface area (Å²) in [6.45, 7) is 6.95. The van der Waals surface area contributed by atoms with Gasteiger partial charge in [-0.25, -0.2) is 4.99 Å². The molecule has 3 rings (SSSR count). The van der Waals surface area contributed by atoms with Crippen LogP contribution >= 0.6 is 24.0 Å². The van der Waals surface area contributed by atoms with Gasteiger partial charge in [0.05, 0.1) is 13.1 Å². The first-order chi connectivity index (χ1) is 13.3. The number of aliphatic imine (C=N–C) groups is 1. The normalized spacial score (nSPS) is 13.8. The van der Waals surface area contributed by atoms with Crippen molar-refractivity contribution in [1.82, 2.24) is 20.4 Å². The Bertz CT molecular complexity index is 701. The molecule has 6 nitrogen and oxygen atoms in total. The van der Waals surface area contributed by atoms with Crippen LogP contribution in [0.15, 0.2) is 47.7 Å². The minimum Gasteiger partial charge on any atom is -0.381 e. The Hall–Kier alpha value is -1.61. The lowest BCUT2D eigenvalue weighted by molar-refractivity contribution is 0.123. The fourth-order valence-corrected chi connectivity index (χ4v) is 2.86. The van der Waals surface area contributed by atoms with Crippen molar-refractivity contribution < 1.29 is 4.74 Å². The summed E-state index contributed by atoms with van der Waals surface area (Å²) in [4.78, 5) is 4.75. The molecule has 0 aliphatic heterocycles. The summed E-state index contributed by atoms with van der Waals surface area (Å²) in [7, 11) is 0. The molecule has 1 aromatic heterocycles. The van der Waals surface area contributed by atoms with E-state index in [-0.39, 0.29) is 24.0 Å². The highest BCUT2D eigenvalue weighted by Gasteiger charge is 2.20. The second kappa shape index (κ2) is 12.8. The molecule has 0 unspecified atom stereocenters. The van der Waals surface area contributed by atoms with Crippen molar-refractivity contribution in [2.24, 2.45) is 10.9 Å². The maximum Gasteiger partial charge on any atom is 0.191 e. The molecule has 2 aromatic rings. The predicted molar refractivity (Wildman–Crippen MR) is 124 cm³/mol. The molecule has 0 spiro atoms. The number of halogens is 1.